The van der Waals surface area contributed by atoms with Crippen LogP contribution in [0.2, 0.25) is 0 Å². The van der Waals surface area contributed by atoms with Gasteiger partial charge in [0.2, 0.25) is 5.95 Å². The van der Waals surface area contributed by atoms with Gasteiger partial charge >= 0.3 is 0 Å². The number of nitrogens with zero attached hydrogens (tertiary/aromatic N) is 3. The lowest BCUT2D eigenvalue weighted by atomic mass is 10.0. The summed E-state index contributed by atoms with van der Waals surface area (Å²) in [4.78, 5) is 7.32. The van der Waals surface area contributed by atoms with Gasteiger partial charge in [0.15, 0.2) is 0 Å². The molecule has 2 heterocycles. The van der Waals surface area contributed by atoms with E-state index in [0.717, 1.165) is 24.8 Å². The predicted octanol–water partition coefficient (Wildman–Crippen LogP) is 2.10. The molecule has 18 heavy (non-hydrogen) atoms. The fraction of sp³-hybridized carbons (Fsp3) is 0.786. The molecule has 1 saturated heterocycles. The topological polar surface area (TPSA) is 33.1 Å². The fourth-order valence-electron chi connectivity index (χ4n) is 3.05. The zero-order valence-electron chi connectivity index (χ0n) is 11.5. The van der Waals surface area contributed by atoms with E-state index in [0.29, 0.717) is 6.04 Å². The molecule has 2 aliphatic rings. The van der Waals surface area contributed by atoms with Crippen molar-refractivity contribution < 1.29 is 0 Å². The number of aromatic nitrogens is 2. The van der Waals surface area contributed by atoms with Crippen molar-refractivity contribution in [2.75, 3.05) is 25.0 Å². The Morgan fingerprint density at radius 1 is 1.33 bits per heavy atom. The Labute approximate surface area is 109 Å². The third-order valence-corrected chi connectivity index (χ3v) is 4.10. The maximum atomic E-state index is 4.79. The lowest BCUT2D eigenvalue weighted by Gasteiger charge is -2.36. The van der Waals surface area contributed by atoms with Crippen LogP contribution in [0.15, 0.2) is 6.20 Å². The number of anilines is 1. The molecule has 0 amide bonds. The molecular formula is C14H24N4. The van der Waals surface area contributed by atoms with Crippen molar-refractivity contribution in [3.05, 3.63) is 11.9 Å². The van der Waals surface area contributed by atoms with Crippen molar-refractivity contribution in [1.82, 2.24) is 14.9 Å². The van der Waals surface area contributed by atoms with Crippen molar-refractivity contribution >= 4 is 5.95 Å². The van der Waals surface area contributed by atoms with E-state index in [1.807, 2.05) is 7.05 Å². The van der Waals surface area contributed by atoms with Gasteiger partial charge in [0.25, 0.3) is 0 Å². The molecule has 0 aromatic carbocycles. The van der Waals surface area contributed by atoms with Crippen LogP contribution in [0.5, 0.6) is 0 Å². The van der Waals surface area contributed by atoms with Crippen molar-refractivity contribution in [3.63, 3.8) is 0 Å². The van der Waals surface area contributed by atoms with Crippen LogP contribution < -0.4 is 10.2 Å². The smallest absolute Gasteiger partial charge is 0.206 e. The van der Waals surface area contributed by atoms with Gasteiger partial charge in [0.05, 0.1) is 5.69 Å². The van der Waals surface area contributed by atoms with E-state index in [4.69, 9.17) is 4.98 Å². The van der Waals surface area contributed by atoms with Crippen LogP contribution in [-0.2, 0) is 0 Å². The number of rotatable bonds is 4. The number of hydrogen-bond acceptors (Lipinski definition) is 3. The summed E-state index contributed by atoms with van der Waals surface area (Å²) >= 11 is 0. The lowest BCUT2D eigenvalue weighted by Crippen LogP contribution is -2.46. The third kappa shape index (κ3) is 2.26. The molecule has 1 unspecified atom stereocenters. The second-order valence-electron chi connectivity index (χ2n) is 5.72. The lowest BCUT2D eigenvalue weighted by molar-refractivity contribution is 0.434. The molecule has 1 atom stereocenters. The molecule has 1 aliphatic heterocycles. The summed E-state index contributed by atoms with van der Waals surface area (Å²) in [5.41, 5.74) is 1.16. The van der Waals surface area contributed by atoms with E-state index in [1.165, 1.54) is 38.1 Å². The summed E-state index contributed by atoms with van der Waals surface area (Å²) in [6.45, 7) is 4.34. The molecule has 100 valence electrons. The number of hydrogen-bond donors (Lipinski definition) is 1. The maximum Gasteiger partial charge on any atom is 0.206 e. The molecule has 0 spiro atoms. The number of nitrogens with one attached hydrogen (secondary N) is 1. The SMILES string of the molecule is CNCC1CCCCN1c1nc(C)cn1C1CC1. The molecule has 1 aromatic heterocycles. The summed E-state index contributed by atoms with van der Waals surface area (Å²) in [5.74, 6) is 1.22. The first kappa shape index (κ1) is 12.0. The van der Waals surface area contributed by atoms with Crippen LogP contribution in [0.1, 0.15) is 43.8 Å². The van der Waals surface area contributed by atoms with Crippen molar-refractivity contribution in [1.29, 1.82) is 0 Å². The van der Waals surface area contributed by atoms with Gasteiger partial charge in [0.1, 0.15) is 0 Å². The van der Waals surface area contributed by atoms with Crippen LogP contribution in [0.4, 0.5) is 5.95 Å². The normalized spacial score (nSPS) is 24.6. The molecule has 3 rings (SSSR count). The van der Waals surface area contributed by atoms with Gasteiger partial charge in [-0.15, -0.1) is 0 Å². The predicted molar refractivity (Wildman–Crippen MR) is 74.1 cm³/mol. The monoisotopic (exact) mass is 248 g/mol. The molecule has 0 radical (unpaired) electrons. The Bertz CT molecular complexity index is 406. The van der Waals surface area contributed by atoms with Gasteiger partial charge in [-0.05, 0) is 46.1 Å². The molecule has 1 aliphatic carbocycles. The second-order valence-corrected chi connectivity index (χ2v) is 5.72. The summed E-state index contributed by atoms with van der Waals surface area (Å²) in [7, 11) is 2.05. The van der Waals surface area contributed by atoms with E-state index in [1.54, 1.807) is 0 Å². The van der Waals surface area contributed by atoms with Gasteiger partial charge in [-0.1, -0.05) is 0 Å². The second kappa shape index (κ2) is 4.92. The highest BCUT2D eigenvalue weighted by molar-refractivity contribution is 5.37. The minimum absolute atomic E-state index is 0.614. The molecule has 0 bridgehead atoms. The summed E-state index contributed by atoms with van der Waals surface area (Å²) in [6.07, 6.45) is 8.83. The van der Waals surface area contributed by atoms with Crippen molar-refractivity contribution in [3.8, 4) is 0 Å². The Balaban J connectivity index is 1.86. The average molecular weight is 248 g/mol. The Kier molecular flexibility index (Phi) is 3.29. The first-order chi connectivity index (χ1) is 8.79. The maximum absolute atomic E-state index is 4.79. The van der Waals surface area contributed by atoms with Gasteiger partial charge < -0.3 is 14.8 Å². The Morgan fingerprint density at radius 3 is 2.89 bits per heavy atom. The third-order valence-electron chi connectivity index (χ3n) is 4.10. The summed E-state index contributed by atoms with van der Waals surface area (Å²) in [6, 6.07) is 1.33. The average Bonchev–Trinajstić information content (AvgIpc) is 3.14. The number of piperidine rings is 1. The molecule has 4 nitrogen and oxygen atoms in total. The highest BCUT2D eigenvalue weighted by atomic mass is 15.3. The van der Waals surface area contributed by atoms with Gasteiger partial charge in [-0.2, -0.15) is 0 Å². The molecule has 2 fully saturated rings. The van der Waals surface area contributed by atoms with Crippen LogP contribution in [-0.4, -0.2) is 35.7 Å². The number of imidazole rings is 1. The zero-order chi connectivity index (χ0) is 12.5. The minimum Gasteiger partial charge on any atom is -0.338 e. The Morgan fingerprint density at radius 2 is 2.17 bits per heavy atom. The summed E-state index contributed by atoms with van der Waals surface area (Å²) in [5, 5.41) is 3.33. The first-order valence-electron chi connectivity index (χ1n) is 7.26. The highest BCUT2D eigenvalue weighted by Crippen LogP contribution is 2.39. The zero-order valence-corrected chi connectivity index (χ0v) is 11.5. The van der Waals surface area contributed by atoms with E-state index in [9.17, 15) is 0 Å². The summed E-state index contributed by atoms with van der Waals surface area (Å²) < 4.78 is 2.42. The molecule has 1 saturated carbocycles. The first-order valence-corrected chi connectivity index (χ1v) is 7.26. The van der Waals surface area contributed by atoms with Crippen molar-refractivity contribution in [2.45, 2.75) is 51.1 Å². The van der Waals surface area contributed by atoms with E-state index >= 15 is 0 Å². The molecule has 1 N–H and O–H groups in total. The Hall–Kier alpha value is -1.03. The number of aryl methyl sites for hydroxylation is 1. The van der Waals surface area contributed by atoms with Crippen LogP contribution in [0, 0.1) is 6.92 Å². The van der Waals surface area contributed by atoms with E-state index < -0.39 is 0 Å². The number of likely N-dealkylation sites (N-methyl/N-ethyl adjacent to an activating group) is 1. The largest absolute Gasteiger partial charge is 0.338 e. The van der Waals surface area contributed by atoms with E-state index in [-0.39, 0.29) is 0 Å². The molecule has 4 heteroatoms. The van der Waals surface area contributed by atoms with Crippen LogP contribution >= 0.6 is 0 Å². The van der Waals surface area contributed by atoms with Crippen LogP contribution in [0.25, 0.3) is 0 Å². The van der Waals surface area contributed by atoms with Gasteiger partial charge in [0, 0.05) is 31.4 Å². The quantitative estimate of drug-likeness (QED) is 0.886. The van der Waals surface area contributed by atoms with E-state index in [2.05, 4.69) is 27.9 Å². The van der Waals surface area contributed by atoms with Gasteiger partial charge in [-0.3, -0.25) is 0 Å². The van der Waals surface area contributed by atoms with Gasteiger partial charge in [-0.25, -0.2) is 4.98 Å². The molecule has 1 aromatic rings. The van der Waals surface area contributed by atoms with Crippen LogP contribution in [0.3, 0.4) is 0 Å². The fourth-order valence-corrected chi connectivity index (χ4v) is 3.05. The molecular weight excluding hydrogens is 224 g/mol. The highest BCUT2D eigenvalue weighted by Gasteiger charge is 2.31. The van der Waals surface area contributed by atoms with Crippen molar-refractivity contribution in [2.24, 2.45) is 0 Å². The minimum atomic E-state index is 0.614. The standard InChI is InChI=1S/C14H24N4/c1-11-10-18(12-6-7-12)14(16-11)17-8-4-3-5-13(17)9-15-2/h10,12-13,15H,3-9H2,1-2H3.